The first-order valence-corrected chi connectivity index (χ1v) is 12.2. The lowest BCUT2D eigenvalue weighted by molar-refractivity contribution is -0.137. The fourth-order valence-corrected chi connectivity index (χ4v) is 5.29. The number of carbonyl (C=O) groups is 1. The number of pyridine rings is 1. The summed E-state index contributed by atoms with van der Waals surface area (Å²) in [6.07, 6.45) is -2.80. The van der Waals surface area contributed by atoms with Crippen molar-refractivity contribution in [2.75, 3.05) is 36.4 Å². The largest absolute Gasteiger partial charge is 0.416 e. The molecule has 0 bridgehead atoms. The van der Waals surface area contributed by atoms with E-state index in [4.69, 9.17) is 0 Å². The van der Waals surface area contributed by atoms with Gasteiger partial charge < -0.3 is 4.90 Å². The van der Waals surface area contributed by atoms with E-state index in [9.17, 15) is 26.4 Å². The Morgan fingerprint density at radius 3 is 2.29 bits per heavy atom. The van der Waals surface area contributed by atoms with E-state index in [1.54, 1.807) is 16.6 Å². The predicted molar refractivity (Wildman–Crippen MR) is 117 cm³/mol. The molecule has 2 aromatic heterocycles. The van der Waals surface area contributed by atoms with Crippen LogP contribution in [0.5, 0.6) is 0 Å². The lowest BCUT2D eigenvalue weighted by Crippen LogP contribution is -2.49. The summed E-state index contributed by atoms with van der Waals surface area (Å²) >= 11 is 0. The van der Waals surface area contributed by atoms with E-state index in [0.717, 1.165) is 37.1 Å². The number of benzene rings is 1. The van der Waals surface area contributed by atoms with Crippen LogP contribution >= 0.6 is 0 Å². The Morgan fingerprint density at radius 1 is 1.00 bits per heavy atom. The topological polar surface area (TPSA) is 99.9 Å². The number of piperazine rings is 1. The lowest BCUT2D eigenvalue weighted by Gasteiger charge is -2.35. The minimum atomic E-state index is -4.53. The molecule has 1 aromatic carbocycles. The van der Waals surface area contributed by atoms with Crippen LogP contribution < -0.4 is 10.2 Å². The van der Waals surface area contributed by atoms with Crippen LogP contribution in [-0.2, 0) is 21.0 Å². The molecule has 1 N–H and O–H groups in total. The molecule has 1 aliphatic carbocycles. The quantitative estimate of drug-likeness (QED) is 0.586. The van der Waals surface area contributed by atoms with Crippen molar-refractivity contribution >= 4 is 33.3 Å². The summed E-state index contributed by atoms with van der Waals surface area (Å²) < 4.78 is 67.1. The Hall–Kier alpha value is -3.19. The van der Waals surface area contributed by atoms with Crippen molar-refractivity contribution in [3.8, 4) is 0 Å². The monoisotopic (exact) mass is 494 g/mol. The van der Waals surface area contributed by atoms with Gasteiger partial charge in [-0.25, -0.2) is 8.42 Å². The van der Waals surface area contributed by atoms with Crippen molar-refractivity contribution in [3.63, 3.8) is 0 Å². The molecule has 1 amide bonds. The number of amides is 1. The fourth-order valence-electron chi connectivity index (χ4n) is 3.86. The van der Waals surface area contributed by atoms with Crippen LogP contribution in [-0.4, -0.2) is 59.4 Å². The van der Waals surface area contributed by atoms with E-state index in [2.05, 4.69) is 15.4 Å². The van der Waals surface area contributed by atoms with Gasteiger partial charge >= 0.3 is 6.18 Å². The van der Waals surface area contributed by atoms with E-state index < -0.39 is 21.8 Å². The molecule has 9 nitrogen and oxygen atoms in total. The Morgan fingerprint density at radius 2 is 1.68 bits per heavy atom. The smallest absolute Gasteiger partial charge is 0.354 e. The van der Waals surface area contributed by atoms with Gasteiger partial charge in [-0.2, -0.15) is 27.0 Å². The Bertz CT molecular complexity index is 1330. The standard InChI is InChI=1S/C21H21F3N6O3S/c22-21(23,24)15-6-8-16(9-7-15)34(32,33)29-12-10-28(11-13-29)18-3-1-2-17-25-20(27-30(17)18)26-19(31)14-4-5-14/h1-3,6-9,14H,4-5,10-13H2,(H,26,27,31). The molecule has 1 aliphatic heterocycles. The number of rotatable bonds is 5. The van der Waals surface area contributed by atoms with Gasteiger partial charge in [0.25, 0.3) is 0 Å². The third kappa shape index (κ3) is 4.32. The number of aromatic nitrogens is 3. The van der Waals surface area contributed by atoms with Gasteiger partial charge in [0.05, 0.1) is 10.5 Å². The van der Waals surface area contributed by atoms with Crippen LogP contribution in [0.3, 0.4) is 0 Å². The maximum absolute atomic E-state index is 12.9. The second kappa shape index (κ2) is 8.24. The second-order valence-electron chi connectivity index (χ2n) is 8.27. The average molecular weight is 494 g/mol. The molecule has 180 valence electrons. The minimum absolute atomic E-state index is 0.0192. The molecular formula is C21H21F3N6O3S. The van der Waals surface area contributed by atoms with E-state index in [1.165, 1.54) is 4.31 Å². The third-order valence-electron chi connectivity index (χ3n) is 5.90. The Labute approximate surface area is 193 Å². The molecule has 0 atom stereocenters. The first-order chi connectivity index (χ1) is 16.1. The van der Waals surface area contributed by atoms with Gasteiger partial charge in [0.2, 0.25) is 21.9 Å². The molecule has 3 heterocycles. The van der Waals surface area contributed by atoms with Crippen LogP contribution in [0.15, 0.2) is 47.4 Å². The number of anilines is 2. The molecule has 2 aliphatic rings. The number of carbonyl (C=O) groups excluding carboxylic acids is 1. The zero-order valence-corrected chi connectivity index (χ0v) is 18.7. The molecule has 5 rings (SSSR count). The highest BCUT2D eigenvalue weighted by Crippen LogP contribution is 2.31. The van der Waals surface area contributed by atoms with Crippen molar-refractivity contribution in [1.82, 2.24) is 18.9 Å². The number of hydrogen-bond acceptors (Lipinski definition) is 6. The summed E-state index contributed by atoms with van der Waals surface area (Å²) in [6, 6.07) is 8.90. The lowest BCUT2D eigenvalue weighted by atomic mass is 10.2. The summed E-state index contributed by atoms with van der Waals surface area (Å²) in [4.78, 5) is 18.1. The zero-order valence-electron chi connectivity index (χ0n) is 17.9. The van der Waals surface area contributed by atoms with Gasteiger partial charge in [-0.05, 0) is 49.2 Å². The van der Waals surface area contributed by atoms with Crippen LogP contribution in [0.25, 0.3) is 5.65 Å². The number of nitrogens with zero attached hydrogens (tertiary/aromatic N) is 5. The fraction of sp³-hybridized carbons (Fsp3) is 0.381. The first-order valence-electron chi connectivity index (χ1n) is 10.7. The Balaban J connectivity index is 1.30. The van der Waals surface area contributed by atoms with Crippen molar-refractivity contribution in [3.05, 3.63) is 48.0 Å². The van der Waals surface area contributed by atoms with Crippen LogP contribution in [0.2, 0.25) is 0 Å². The first kappa shape index (κ1) is 22.6. The summed E-state index contributed by atoms with van der Waals surface area (Å²) in [5.74, 6) is 0.835. The van der Waals surface area contributed by atoms with E-state index >= 15 is 0 Å². The van der Waals surface area contributed by atoms with Crippen molar-refractivity contribution < 1.29 is 26.4 Å². The Kier molecular flexibility index (Phi) is 5.47. The average Bonchev–Trinajstić information content (AvgIpc) is 3.58. The molecule has 1 saturated carbocycles. The predicted octanol–water partition coefficient (Wildman–Crippen LogP) is 2.61. The highest BCUT2D eigenvalue weighted by atomic mass is 32.2. The van der Waals surface area contributed by atoms with Crippen LogP contribution in [0.1, 0.15) is 18.4 Å². The number of nitrogens with one attached hydrogen (secondary N) is 1. The second-order valence-corrected chi connectivity index (χ2v) is 10.2. The molecule has 13 heteroatoms. The molecule has 34 heavy (non-hydrogen) atoms. The van der Waals surface area contributed by atoms with Crippen molar-refractivity contribution in [2.45, 2.75) is 23.9 Å². The number of hydrogen-bond donors (Lipinski definition) is 1. The summed E-state index contributed by atoms with van der Waals surface area (Å²) in [5.41, 5.74) is -0.353. The SMILES string of the molecule is O=C(Nc1nc2cccc(N3CCN(S(=O)(=O)c4ccc(C(F)(F)F)cc4)CC3)n2n1)C1CC1. The van der Waals surface area contributed by atoms with E-state index in [-0.39, 0.29) is 35.8 Å². The van der Waals surface area contributed by atoms with Gasteiger partial charge in [0.1, 0.15) is 5.82 Å². The van der Waals surface area contributed by atoms with Gasteiger partial charge in [-0.3, -0.25) is 10.1 Å². The number of alkyl halides is 3. The highest BCUT2D eigenvalue weighted by Gasteiger charge is 2.33. The molecular weight excluding hydrogens is 473 g/mol. The van der Waals surface area contributed by atoms with Gasteiger partial charge in [0, 0.05) is 32.1 Å². The zero-order chi connectivity index (χ0) is 24.1. The van der Waals surface area contributed by atoms with Crippen molar-refractivity contribution in [1.29, 1.82) is 0 Å². The molecule has 0 radical (unpaired) electrons. The molecule has 3 aromatic rings. The van der Waals surface area contributed by atoms with E-state index in [1.807, 2.05) is 11.0 Å². The number of fused-ring (bicyclic) bond motifs is 1. The molecule has 2 fully saturated rings. The maximum Gasteiger partial charge on any atom is 0.416 e. The van der Waals surface area contributed by atoms with Gasteiger partial charge in [0.15, 0.2) is 5.65 Å². The highest BCUT2D eigenvalue weighted by molar-refractivity contribution is 7.89. The number of sulfonamides is 1. The van der Waals surface area contributed by atoms with Crippen LogP contribution in [0, 0.1) is 5.92 Å². The third-order valence-corrected chi connectivity index (χ3v) is 7.82. The van der Waals surface area contributed by atoms with E-state index in [0.29, 0.717) is 24.6 Å². The molecule has 0 unspecified atom stereocenters. The van der Waals surface area contributed by atoms with Crippen molar-refractivity contribution in [2.24, 2.45) is 5.92 Å². The molecule has 1 saturated heterocycles. The minimum Gasteiger partial charge on any atom is -0.354 e. The summed E-state index contributed by atoms with van der Waals surface area (Å²) in [6.45, 7) is 1.00. The summed E-state index contributed by atoms with van der Waals surface area (Å²) in [5, 5.41) is 7.11. The summed E-state index contributed by atoms with van der Waals surface area (Å²) in [7, 11) is -3.93. The number of halogens is 3. The normalized spacial score (nSPS) is 17.8. The molecule has 0 spiro atoms. The van der Waals surface area contributed by atoms with Gasteiger partial charge in [-0.1, -0.05) is 6.07 Å². The maximum atomic E-state index is 12.9. The van der Waals surface area contributed by atoms with Gasteiger partial charge in [-0.15, -0.1) is 5.10 Å². The van der Waals surface area contributed by atoms with Crippen LogP contribution in [0.4, 0.5) is 24.9 Å².